The van der Waals surface area contributed by atoms with Crippen LogP contribution in [0.1, 0.15) is 6.92 Å². The maximum Gasteiger partial charge on any atom is 0.231 e. The van der Waals surface area contributed by atoms with Gasteiger partial charge in [-0.2, -0.15) is 0 Å². The van der Waals surface area contributed by atoms with Gasteiger partial charge in [-0.1, -0.05) is 0 Å². The van der Waals surface area contributed by atoms with Crippen LogP contribution in [0.15, 0.2) is 24.4 Å². The molecule has 0 aliphatic carbocycles. The highest BCUT2D eigenvalue weighted by atomic mass is 16.7. The van der Waals surface area contributed by atoms with E-state index in [4.69, 9.17) is 9.47 Å². The summed E-state index contributed by atoms with van der Waals surface area (Å²) in [4.78, 5) is 15.2. The van der Waals surface area contributed by atoms with Crippen molar-refractivity contribution >= 4 is 11.9 Å². The highest BCUT2D eigenvalue weighted by Crippen LogP contribution is 2.36. The number of ether oxygens (including phenoxy) is 2. The number of benzene rings is 1. The molecule has 98 valence electrons. The summed E-state index contributed by atoms with van der Waals surface area (Å²) in [7, 11) is 1.85. The fraction of sp³-hybridized carbons (Fsp3) is 0.231. The van der Waals surface area contributed by atoms with Crippen molar-refractivity contribution in [2.24, 2.45) is 7.05 Å². The molecule has 0 atom stereocenters. The van der Waals surface area contributed by atoms with E-state index in [9.17, 15) is 4.79 Å². The van der Waals surface area contributed by atoms with Crippen LogP contribution >= 0.6 is 0 Å². The number of aromatic nitrogens is 2. The van der Waals surface area contributed by atoms with E-state index in [0.29, 0.717) is 5.95 Å². The smallest absolute Gasteiger partial charge is 0.231 e. The third-order valence-electron chi connectivity index (χ3n) is 2.94. The van der Waals surface area contributed by atoms with Gasteiger partial charge in [0.1, 0.15) is 0 Å². The number of imidazole rings is 1. The molecule has 0 fully saturated rings. The summed E-state index contributed by atoms with van der Waals surface area (Å²) < 4.78 is 12.4. The summed E-state index contributed by atoms with van der Waals surface area (Å²) in [6.45, 7) is 1.70. The van der Waals surface area contributed by atoms with Gasteiger partial charge in [0.2, 0.25) is 18.6 Å². The van der Waals surface area contributed by atoms with Crippen LogP contribution in [-0.2, 0) is 11.8 Å². The lowest BCUT2D eigenvalue weighted by Gasteiger charge is -2.06. The molecule has 0 bridgehead atoms. The maximum atomic E-state index is 11.1. The lowest BCUT2D eigenvalue weighted by atomic mass is 10.1. The first-order chi connectivity index (χ1) is 9.15. The predicted molar refractivity (Wildman–Crippen MR) is 69.1 cm³/mol. The van der Waals surface area contributed by atoms with E-state index in [1.54, 1.807) is 6.20 Å². The average molecular weight is 259 g/mol. The molecule has 0 saturated carbocycles. The Hall–Kier alpha value is -2.50. The van der Waals surface area contributed by atoms with Crippen LogP contribution in [-0.4, -0.2) is 22.3 Å². The molecule has 6 nitrogen and oxygen atoms in total. The maximum absolute atomic E-state index is 11.1. The fourth-order valence-corrected chi connectivity index (χ4v) is 2.01. The fourth-order valence-electron chi connectivity index (χ4n) is 2.01. The van der Waals surface area contributed by atoms with E-state index in [0.717, 1.165) is 22.8 Å². The second kappa shape index (κ2) is 4.31. The molecule has 0 unspecified atom stereocenters. The number of fused-ring (bicyclic) bond motifs is 1. The number of anilines is 1. The molecule has 0 spiro atoms. The molecule has 1 aliphatic heterocycles. The van der Waals surface area contributed by atoms with Crippen molar-refractivity contribution in [1.82, 2.24) is 9.55 Å². The zero-order valence-corrected chi connectivity index (χ0v) is 10.6. The number of nitrogens with zero attached hydrogens (tertiary/aromatic N) is 2. The number of rotatable bonds is 2. The minimum atomic E-state index is -0.147. The number of carbonyl (C=O) groups excluding carboxylic acids is 1. The third kappa shape index (κ3) is 2.01. The molecule has 1 aromatic carbocycles. The van der Waals surface area contributed by atoms with Gasteiger partial charge in [-0.3, -0.25) is 10.1 Å². The SMILES string of the molecule is CC(=O)Nc1ncc(-c2ccc3c(c2)OCO3)n1C. The first kappa shape index (κ1) is 11.6. The normalized spacial score (nSPS) is 12.5. The molecule has 2 aromatic rings. The summed E-state index contributed by atoms with van der Waals surface area (Å²) in [6, 6.07) is 5.70. The van der Waals surface area contributed by atoms with Crippen LogP contribution in [0.2, 0.25) is 0 Å². The Morgan fingerprint density at radius 1 is 1.37 bits per heavy atom. The van der Waals surface area contributed by atoms with Crippen LogP contribution in [0.4, 0.5) is 5.95 Å². The first-order valence-electron chi connectivity index (χ1n) is 5.84. The van der Waals surface area contributed by atoms with Gasteiger partial charge in [0.05, 0.1) is 11.9 Å². The Morgan fingerprint density at radius 2 is 2.16 bits per heavy atom. The van der Waals surface area contributed by atoms with E-state index in [2.05, 4.69) is 10.3 Å². The summed E-state index contributed by atoms with van der Waals surface area (Å²) in [6.07, 6.45) is 1.71. The Kier molecular flexibility index (Phi) is 2.63. The van der Waals surface area contributed by atoms with Gasteiger partial charge < -0.3 is 14.0 Å². The van der Waals surface area contributed by atoms with Crippen LogP contribution in [0.5, 0.6) is 11.5 Å². The van der Waals surface area contributed by atoms with Crippen molar-refractivity contribution in [2.75, 3.05) is 12.1 Å². The topological polar surface area (TPSA) is 65.4 Å². The molecule has 6 heteroatoms. The zero-order valence-electron chi connectivity index (χ0n) is 10.6. The molecule has 2 heterocycles. The second-order valence-corrected chi connectivity index (χ2v) is 4.28. The molecule has 0 radical (unpaired) electrons. The van der Waals surface area contributed by atoms with E-state index in [1.165, 1.54) is 6.92 Å². The average Bonchev–Trinajstić information content (AvgIpc) is 2.96. The van der Waals surface area contributed by atoms with Gasteiger partial charge in [0.25, 0.3) is 0 Å². The molecule has 3 rings (SSSR count). The third-order valence-corrected chi connectivity index (χ3v) is 2.94. The van der Waals surface area contributed by atoms with Crippen molar-refractivity contribution < 1.29 is 14.3 Å². The van der Waals surface area contributed by atoms with Crippen LogP contribution in [0, 0.1) is 0 Å². The van der Waals surface area contributed by atoms with Crippen molar-refractivity contribution in [2.45, 2.75) is 6.92 Å². The molecule has 1 amide bonds. The van der Waals surface area contributed by atoms with Crippen molar-refractivity contribution in [1.29, 1.82) is 0 Å². The van der Waals surface area contributed by atoms with Crippen LogP contribution in [0.3, 0.4) is 0 Å². The van der Waals surface area contributed by atoms with Gasteiger partial charge in [-0.05, 0) is 18.2 Å². The lowest BCUT2D eigenvalue weighted by molar-refractivity contribution is -0.114. The number of hydrogen-bond acceptors (Lipinski definition) is 4. The van der Waals surface area contributed by atoms with Gasteiger partial charge in [-0.15, -0.1) is 0 Å². The van der Waals surface area contributed by atoms with Crippen molar-refractivity contribution in [3.63, 3.8) is 0 Å². The van der Waals surface area contributed by atoms with Crippen molar-refractivity contribution in [3.8, 4) is 22.8 Å². The monoisotopic (exact) mass is 259 g/mol. The number of nitrogens with one attached hydrogen (secondary N) is 1. The first-order valence-corrected chi connectivity index (χ1v) is 5.84. The summed E-state index contributed by atoms with van der Waals surface area (Å²) >= 11 is 0. The molecule has 1 N–H and O–H groups in total. The zero-order chi connectivity index (χ0) is 13.4. The van der Waals surface area contributed by atoms with E-state index in [1.807, 2.05) is 29.8 Å². The number of hydrogen-bond donors (Lipinski definition) is 1. The van der Waals surface area contributed by atoms with Crippen LogP contribution < -0.4 is 14.8 Å². The van der Waals surface area contributed by atoms with E-state index >= 15 is 0 Å². The van der Waals surface area contributed by atoms with Gasteiger partial charge >= 0.3 is 0 Å². The van der Waals surface area contributed by atoms with Gasteiger partial charge in [0.15, 0.2) is 11.5 Å². The predicted octanol–water partition coefficient (Wildman–Crippen LogP) is 1.77. The second-order valence-electron chi connectivity index (χ2n) is 4.28. The summed E-state index contributed by atoms with van der Waals surface area (Å²) in [5.74, 6) is 1.83. The molecular formula is C13H13N3O3. The van der Waals surface area contributed by atoms with Gasteiger partial charge in [-0.25, -0.2) is 4.98 Å². The molecular weight excluding hydrogens is 246 g/mol. The molecule has 1 aliphatic rings. The van der Waals surface area contributed by atoms with Crippen LogP contribution in [0.25, 0.3) is 11.3 Å². The van der Waals surface area contributed by atoms with Gasteiger partial charge in [0, 0.05) is 19.5 Å². The minimum absolute atomic E-state index is 0.147. The highest BCUT2D eigenvalue weighted by Gasteiger charge is 2.16. The number of amides is 1. The molecule has 19 heavy (non-hydrogen) atoms. The van der Waals surface area contributed by atoms with Crippen molar-refractivity contribution in [3.05, 3.63) is 24.4 Å². The Balaban J connectivity index is 1.98. The molecule has 0 saturated heterocycles. The number of carbonyl (C=O) groups is 1. The standard InChI is InChI=1S/C13H13N3O3/c1-8(17)15-13-14-6-10(16(13)2)9-3-4-11-12(5-9)19-7-18-11/h3-6H,7H2,1-2H3,(H,14,15,17). The largest absolute Gasteiger partial charge is 0.454 e. The summed E-state index contributed by atoms with van der Waals surface area (Å²) in [5, 5.41) is 2.67. The quantitative estimate of drug-likeness (QED) is 0.892. The highest BCUT2D eigenvalue weighted by molar-refractivity contribution is 5.87. The Morgan fingerprint density at radius 3 is 2.95 bits per heavy atom. The van der Waals surface area contributed by atoms with E-state index in [-0.39, 0.29) is 12.7 Å². The minimum Gasteiger partial charge on any atom is -0.454 e. The Labute approximate surface area is 110 Å². The summed E-state index contributed by atoms with van der Waals surface area (Å²) in [5.41, 5.74) is 1.85. The lowest BCUT2D eigenvalue weighted by Crippen LogP contribution is -2.10. The van der Waals surface area contributed by atoms with E-state index < -0.39 is 0 Å². The molecule has 1 aromatic heterocycles. The Bertz CT molecular complexity index is 649.